The molecule has 0 unspecified atom stereocenters. The molecule has 0 fully saturated rings. The van der Waals surface area contributed by atoms with Crippen LogP contribution in [0.2, 0.25) is 10.0 Å². The first-order valence-electron chi connectivity index (χ1n) is 15.9. The predicted molar refractivity (Wildman–Crippen MR) is 201 cm³/mol. The van der Waals surface area contributed by atoms with Crippen LogP contribution in [0.15, 0.2) is 121 Å². The number of H-pyrrole nitrogens is 2. The molecule has 48 heavy (non-hydrogen) atoms. The summed E-state index contributed by atoms with van der Waals surface area (Å²) in [7, 11) is 0. The average molecular weight is 654 g/mol. The number of hydrogen-bond donors (Lipinski definition) is 2. The minimum absolute atomic E-state index is 0.645. The van der Waals surface area contributed by atoms with Gasteiger partial charge in [0, 0.05) is 86.0 Å². The Morgan fingerprint density at radius 3 is 1.27 bits per heavy atom. The SMILES string of the molecule is Clc1ccc2c3c4cc5[nH]c(cc6nc(cc7[nH]c(cc(n4)c=3c3ccc(Cl)c1c23)c1ccccc71)-c1ccccc1-6)c1ccccc51. The van der Waals surface area contributed by atoms with Crippen molar-refractivity contribution in [3.05, 3.63) is 142 Å². The molecule has 6 heteroatoms. The van der Waals surface area contributed by atoms with E-state index in [1.807, 2.05) is 12.1 Å². The molecule has 2 aliphatic heterocycles. The van der Waals surface area contributed by atoms with E-state index in [1.54, 1.807) is 0 Å². The van der Waals surface area contributed by atoms with Crippen LogP contribution in [0, 0.1) is 10.4 Å². The van der Waals surface area contributed by atoms with Gasteiger partial charge in [-0.3, -0.25) is 0 Å². The van der Waals surface area contributed by atoms with E-state index < -0.39 is 0 Å². The fourth-order valence-corrected chi connectivity index (χ4v) is 8.52. The molecule has 2 N–H and O–H groups in total. The lowest BCUT2D eigenvalue weighted by molar-refractivity contribution is 1.41. The number of nitrogens with zero attached hydrogens (tertiary/aromatic N) is 2. The standard InChI is InChI=1S/C42H22Cl2N4/c43-29-15-13-27-39-28(14-16-30(44)42(29)39)41-38-20-36-26-12-6-4-10-24(26)34(47-36)18-32-22-8-2-1-7-21(22)31(45-32)17-33-23-9-3-5-11-25(23)35(46-33)19-37(48-38)40(27)41/h1-20,46-47H. The highest BCUT2D eigenvalue weighted by atomic mass is 35.5. The minimum atomic E-state index is 0.645. The number of fused-ring (bicyclic) bond motifs is 21. The molecule has 5 heterocycles. The average Bonchev–Trinajstić information content (AvgIpc) is 3.90. The third-order valence-electron chi connectivity index (χ3n) is 10.00. The lowest BCUT2D eigenvalue weighted by Gasteiger charge is -2.04. The Balaban J connectivity index is 1.43. The zero-order valence-electron chi connectivity index (χ0n) is 25.2. The molecule has 0 spiro atoms. The van der Waals surface area contributed by atoms with E-state index in [4.69, 9.17) is 33.2 Å². The predicted octanol–water partition coefficient (Wildman–Crippen LogP) is 12.0. The molecular formula is C42H22Cl2N4. The van der Waals surface area contributed by atoms with E-state index in [2.05, 4.69) is 119 Å². The second-order valence-electron chi connectivity index (χ2n) is 12.6. The summed E-state index contributed by atoms with van der Waals surface area (Å²) < 4.78 is 0. The summed E-state index contributed by atoms with van der Waals surface area (Å²) in [4.78, 5) is 18.1. The van der Waals surface area contributed by atoms with Crippen LogP contribution >= 0.6 is 23.2 Å². The van der Waals surface area contributed by atoms with Crippen LogP contribution in [0.3, 0.4) is 0 Å². The Morgan fingerprint density at radius 2 is 0.812 bits per heavy atom. The number of hydrogen-bond acceptors (Lipinski definition) is 2. The highest BCUT2D eigenvalue weighted by Gasteiger charge is 2.19. The van der Waals surface area contributed by atoms with E-state index in [-0.39, 0.29) is 0 Å². The lowest BCUT2D eigenvalue weighted by Crippen LogP contribution is -1.79. The molecule has 11 rings (SSSR count). The monoisotopic (exact) mass is 652 g/mol. The second-order valence-corrected chi connectivity index (χ2v) is 13.4. The van der Waals surface area contributed by atoms with Gasteiger partial charge in [0.2, 0.25) is 0 Å². The summed E-state index contributed by atoms with van der Waals surface area (Å²) in [5, 5.41) is 12.1. The lowest BCUT2D eigenvalue weighted by atomic mass is 10.0. The van der Waals surface area contributed by atoms with Crippen molar-refractivity contribution < 1.29 is 0 Å². The molecule has 3 aromatic heterocycles. The number of rotatable bonds is 0. The van der Waals surface area contributed by atoms with Crippen molar-refractivity contribution in [2.45, 2.75) is 0 Å². The van der Waals surface area contributed by atoms with Gasteiger partial charge in [-0.05, 0) is 47.2 Å². The maximum Gasteiger partial charge on any atom is 0.0743 e. The van der Waals surface area contributed by atoms with Crippen LogP contribution in [0.5, 0.6) is 0 Å². The number of aromatic amines is 2. The summed E-state index contributed by atoms with van der Waals surface area (Å²) in [5.74, 6) is 0. The summed E-state index contributed by atoms with van der Waals surface area (Å²) >= 11 is 13.6. The first-order chi connectivity index (χ1) is 23.6. The molecule has 1 aliphatic carbocycles. The molecule has 5 aromatic carbocycles. The van der Waals surface area contributed by atoms with E-state index in [0.717, 1.165) is 109 Å². The Labute approximate surface area is 282 Å². The van der Waals surface area contributed by atoms with Gasteiger partial charge in [-0.15, -0.1) is 0 Å². The van der Waals surface area contributed by atoms with Crippen molar-refractivity contribution in [1.82, 2.24) is 19.9 Å². The maximum atomic E-state index is 6.79. The molecule has 0 radical (unpaired) electrons. The Morgan fingerprint density at radius 1 is 0.396 bits per heavy atom. The quantitative estimate of drug-likeness (QED) is 0.171. The number of halogens is 2. The largest absolute Gasteiger partial charge is 0.354 e. The molecule has 8 aromatic rings. The zero-order chi connectivity index (χ0) is 31.7. The van der Waals surface area contributed by atoms with Crippen LogP contribution in [0.1, 0.15) is 0 Å². The van der Waals surface area contributed by atoms with Crippen LogP contribution in [-0.2, 0) is 0 Å². The van der Waals surface area contributed by atoms with E-state index in [0.29, 0.717) is 10.0 Å². The van der Waals surface area contributed by atoms with Gasteiger partial charge >= 0.3 is 0 Å². The third-order valence-corrected chi connectivity index (χ3v) is 10.6. The van der Waals surface area contributed by atoms with Crippen molar-refractivity contribution in [3.8, 4) is 22.5 Å². The molecule has 0 amide bonds. The second kappa shape index (κ2) is 9.45. The zero-order valence-corrected chi connectivity index (χ0v) is 26.7. The Bertz CT molecular complexity index is 3000. The Hall–Kier alpha value is -5.68. The molecule has 224 valence electrons. The fraction of sp³-hybridized carbons (Fsp3) is 0. The number of nitrogens with one attached hydrogen (secondary N) is 2. The van der Waals surface area contributed by atoms with Gasteiger partial charge in [-0.2, -0.15) is 0 Å². The van der Waals surface area contributed by atoms with Gasteiger partial charge in [-0.25, -0.2) is 9.97 Å². The molecule has 4 nitrogen and oxygen atoms in total. The van der Waals surface area contributed by atoms with E-state index in [9.17, 15) is 0 Å². The van der Waals surface area contributed by atoms with E-state index >= 15 is 0 Å². The molecule has 8 bridgehead atoms. The van der Waals surface area contributed by atoms with Crippen molar-refractivity contribution in [3.63, 3.8) is 0 Å². The normalized spacial score (nSPS) is 12.4. The summed E-state index contributed by atoms with van der Waals surface area (Å²) in [6, 6.07) is 42.3. The highest BCUT2D eigenvalue weighted by molar-refractivity contribution is 6.44. The molecule has 0 saturated heterocycles. The smallest absolute Gasteiger partial charge is 0.0743 e. The van der Waals surface area contributed by atoms with Gasteiger partial charge in [0.25, 0.3) is 0 Å². The Kier molecular flexibility index (Phi) is 5.20. The summed E-state index contributed by atoms with van der Waals surface area (Å²) in [6.07, 6.45) is 0. The van der Waals surface area contributed by atoms with E-state index in [1.165, 1.54) is 0 Å². The summed E-state index contributed by atoms with van der Waals surface area (Å²) in [6.45, 7) is 0. The summed E-state index contributed by atoms with van der Waals surface area (Å²) in [5.41, 5.74) is 9.85. The topological polar surface area (TPSA) is 57.4 Å². The van der Waals surface area contributed by atoms with Crippen LogP contribution < -0.4 is 0 Å². The molecular weight excluding hydrogens is 631 g/mol. The highest BCUT2D eigenvalue weighted by Crippen LogP contribution is 2.42. The fourth-order valence-electron chi connectivity index (χ4n) is 7.95. The van der Waals surface area contributed by atoms with Crippen molar-refractivity contribution in [2.24, 2.45) is 0 Å². The van der Waals surface area contributed by atoms with Crippen molar-refractivity contribution in [2.75, 3.05) is 0 Å². The number of aromatic nitrogens is 4. The molecule has 0 saturated carbocycles. The first-order valence-corrected chi connectivity index (χ1v) is 16.6. The van der Waals surface area contributed by atoms with Gasteiger partial charge in [-0.1, -0.05) is 108 Å². The van der Waals surface area contributed by atoms with Gasteiger partial charge in [0.1, 0.15) is 0 Å². The molecule has 0 atom stereocenters. The van der Waals surface area contributed by atoms with Crippen LogP contribution in [-0.4, -0.2) is 19.9 Å². The van der Waals surface area contributed by atoms with Gasteiger partial charge < -0.3 is 9.97 Å². The number of benzene rings is 5. The third kappa shape index (κ3) is 3.51. The van der Waals surface area contributed by atoms with Crippen molar-refractivity contribution in [1.29, 1.82) is 0 Å². The van der Waals surface area contributed by atoms with Crippen LogP contribution in [0.25, 0.3) is 98.7 Å². The first kappa shape index (κ1) is 26.4. The maximum absolute atomic E-state index is 6.79. The molecule has 3 aliphatic rings. The van der Waals surface area contributed by atoms with Crippen molar-refractivity contribution >= 4 is 99.4 Å². The minimum Gasteiger partial charge on any atom is -0.354 e. The van der Waals surface area contributed by atoms with Gasteiger partial charge in [0.05, 0.1) is 22.4 Å². The van der Waals surface area contributed by atoms with Gasteiger partial charge in [0.15, 0.2) is 0 Å². The van der Waals surface area contributed by atoms with Crippen LogP contribution in [0.4, 0.5) is 0 Å².